The van der Waals surface area contributed by atoms with Gasteiger partial charge < -0.3 is 14.5 Å². The Bertz CT molecular complexity index is 913. The molecule has 1 aliphatic rings. The van der Waals surface area contributed by atoms with E-state index in [-0.39, 0.29) is 38.6 Å². The van der Waals surface area contributed by atoms with E-state index < -0.39 is 10.7 Å². The molecule has 0 radical (unpaired) electrons. The summed E-state index contributed by atoms with van der Waals surface area (Å²) in [5.41, 5.74) is 0.118. The molecule has 1 heterocycles. The molecule has 2 aromatic rings. The van der Waals surface area contributed by atoms with Crippen molar-refractivity contribution < 1.29 is 18.8 Å². The Morgan fingerprint density at radius 1 is 1.18 bits per heavy atom. The molecule has 0 atom stereocenters. The van der Waals surface area contributed by atoms with Crippen LogP contribution in [0.2, 0.25) is 10.0 Å². The van der Waals surface area contributed by atoms with E-state index in [2.05, 4.69) is 0 Å². The van der Waals surface area contributed by atoms with Crippen molar-refractivity contribution in [2.45, 2.75) is 0 Å². The summed E-state index contributed by atoms with van der Waals surface area (Å²) in [7, 11) is 1.29. The number of ether oxygens (including phenoxy) is 1. The Morgan fingerprint density at radius 3 is 2.32 bits per heavy atom. The van der Waals surface area contributed by atoms with Crippen LogP contribution in [0.5, 0.6) is 5.75 Å². The van der Waals surface area contributed by atoms with Crippen molar-refractivity contribution in [2.75, 3.05) is 38.2 Å². The number of hydrogen-bond acceptors (Lipinski definition) is 5. The van der Waals surface area contributed by atoms with Crippen LogP contribution in [-0.2, 0) is 0 Å². The van der Waals surface area contributed by atoms with Crippen LogP contribution in [0.4, 0.5) is 15.8 Å². The summed E-state index contributed by atoms with van der Waals surface area (Å²) >= 11 is 12.2. The van der Waals surface area contributed by atoms with Crippen molar-refractivity contribution in [1.29, 1.82) is 0 Å². The van der Waals surface area contributed by atoms with E-state index in [0.29, 0.717) is 26.2 Å². The summed E-state index contributed by atoms with van der Waals surface area (Å²) in [5.74, 6) is -1.19. The van der Waals surface area contributed by atoms with Gasteiger partial charge in [0.05, 0.1) is 33.7 Å². The first kappa shape index (κ1) is 20.2. The lowest BCUT2D eigenvalue weighted by Crippen LogP contribution is -2.49. The van der Waals surface area contributed by atoms with Gasteiger partial charge in [0.2, 0.25) is 0 Å². The Balaban J connectivity index is 1.81. The highest BCUT2D eigenvalue weighted by Crippen LogP contribution is 2.35. The smallest absolute Gasteiger partial charge is 0.295 e. The van der Waals surface area contributed by atoms with Crippen LogP contribution in [0, 0.1) is 15.9 Å². The third-order valence-electron chi connectivity index (χ3n) is 4.53. The number of carbonyl (C=O) groups is 1. The molecule has 1 fully saturated rings. The van der Waals surface area contributed by atoms with Crippen molar-refractivity contribution in [3.8, 4) is 5.75 Å². The molecule has 0 N–H and O–H groups in total. The van der Waals surface area contributed by atoms with E-state index in [1.807, 2.05) is 0 Å². The molecule has 0 spiro atoms. The summed E-state index contributed by atoms with van der Waals surface area (Å²) in [4.78, 5) is 26.8. The SMILES string of the molecule is COc1cc(N2CCN(C(=O)c3c(Cl)cccc3Cl)CC2)c([N+](=O)[O-])cc1F. The monoisotopic (exact) mass is 427 g/mol. The summed E-state index contributed by atoms with van der Waals surface area (Å²) in [6.07, 6.45) is 0. The fourth-order valence-corrected chi connectivity index (χ4v) is 3.66. The first-order chi connectivity index (χ1) is 13.3. The van der Waals surface area contributed by atoms with Gasteiger partial charge in [0.1, 0.15) is 5.69 Å². The number of nitrogens with zero attached hydrogens (tertiary/aromatic N) is 3. The van der Waals surface area contributed by atoms with Gasteiger partial charge in [-0.15, -0.1) is 0 Å². The zero-order valence-electron chi connectivity index (χ0n) is 14.8. The lowest BCUT2D eigenvalue weighted by Gasteiger charge is -2.36. The molecule has 0 saturated carbocycles. The van der Waals surface area contributed by atoms with Gasteiger partial charge >= 0.3 is 0 Å². The molecule has 1 aliphatic heterocycles. The van der Waals surface area contributed by atoms with Gasteiger partial charge in [-0.25, -0.2) is 4.39 Å². The van der Waals surface area contributed by atoms with Crippen LogP contribution in [0.3, 0.4) is 0 Å². The van der Waals surface area contributed by atoms with Gasteiger partial charge in [0, 0.05) is 32.2 Å². The number of nitro benzene ring substituents is 1. The summed E-state index contributed by atoms with van der Waals surface area (Å²) < 4.78 is 18.8. The average Bonchev–Trinajstić information content (AvgIpc) is 2.67. The van der Waals surface area contributed by atoms with E-state index in [1.165, 1.54) is 13.2 Å². The molecule has 28 heavy (non-hydrogen) atoms. The number of piperazine rings is 1. The molecular weight excluding hydrogens is 412 g/mol. The highest BCUT2D eigenvalue weighted by Gasteiger charge is 2.29. The Labute approximate surface area is 170 Å². The van der Waals surface area contributed by atoms with Crippen molar-refractivity contribution in [2.24, 2.45) is 0 Å². The summed E-state index contributed by atoms with van der Waals surface area (Å²) in [5, 5.41) is 11.9. The first-order valence-corrected chi connectivity index (χ1v) is 9.09. The largest absolute Gasteiger partial charge is 0.494 e. The highest BCUT2D eigenvalue weighted by atomic mass is 35.5. The molecule has 1 saturated heterocycles. The lowest BCUT2D eigenvalue weighted by molar-refractivity contribution is -0.384. The van der Waals surface area contributed by atoms with Crippen LogP contribution in [-0.4, -0.2) is 49.0 Å². The van der Waals surface area contributed by atoms with Crippen LogP contribution < -0.4 is 9.64 Å². The molecule has 3 rings (SSSR count). The molecule has 0 bridgehead atoms. The number of amides is 1. The third kappa shape index (κ3) is 3.83. The second kappa shape index (κ2) is 8.20. The van der Waals surface area contributed by atoms with Gasteiger partial charge in [-0.1, -0.05) is 29.3 Å². The predicted octanol–water partition coefficient (Wildman–Crippen LogP) is 4.01. The molecule has 2 aromatic carbocycles. The van der Waals surface area contributed by atoms with Gasteiger partial charge in [-0.2, -0.15) is 0 Å². The number of hydrogen-bond donors (Lipinski definition) is 0. The van der Waals surface area contributed by atoms with Gasteiger partial charge in [0.25, 0.3) is 11.6 Å². The fourth-order valence-electron chi connectivity index (χ4n) is 3.10. The molecule has 0 unspecified atom stereocenters. The second-order valence-electron chi connectivity index (χ2n) is 6.11. The Kier molecular flexibility index (Phi) is 5.90. The fraction of sp³-hybridized carbons (Fsp3) is 0.278. The predicted molar refractivity (Wildman–Crippen MR) is 104 cm³/mol. The number of methoxy groups -OCH3 is 1. The number of anilines is 1. The van der Waals surface area contributed by atoms with E-state index in [4.69, 9.17) is 27.9 Å². The molecular formula is C18H16Cl2FN3O4. The zero-order valence-corrected chi connectivity index (χ0v) is 16.3. The average molecular weight is 428 g/mol. The normalized spacial score (nSPS) is 14.1. The van der Waals surface area contributed by atoms with Crippen LogP contribution in [0.15, 0.2) is 30.3 Å². The minimum atomic E-state index is -0.805. The molecule has 7 nitrogen and oxygen atoms in total. The van der Waals surface area contributed by atoms with Crippen LogP contribution in [0.1, 0.15) is 10.4 Å². The van der Waals surface area contributed by atoms with E-state index >= 15 is 0 Å². The van der Waals surface area contributed by atoms with Crippen LogP contribution >= 0.6 is 23.2 Å². The number of nitro groups is 1. The topological polar surface area (TPSA) is 75.9 Å². The zero-order chi connectivity index (χ0) is 20.4. The Hall–Kier alpha value is -2.58. The molecule has 0 aliphatic carbocycles. The number of rotatable bonds is 4. The number of carbonyl (C=O) groups excluding carboxylic acids is 1. The standard InChI is InChI=1S/C18H16Cl2FN3O4/c1-28-16-10-14(15(24(26)27)9-13(16)21)22-5-7-23(8-6-22)18(25)17-11(19)3-2-4-12(17)20/h2-4,9-10H,5-8H2,1H3. The number of halogens is 3. The van der Waals surface area contributed by atoms with Crippen molar-refractivity contribution in [3.05, 3.63) is 61.9 Å². The maximum absolute atomic E-state index is 13.9. The highest BCUT2D eigenvalue weighted by molar-refractivity contribution is 6.39. The Morgan fingerprint density at radius 2 is 1.79 bits per heavy atom. The molecule has 1 amide bonds. The van der Waals surface area contributed by atoms with Gasteiger partial charge in [0.15, 0.2) is 11.6 Å². The molecule has 0 aromatic heterocycles. The maximum Gasteiger partial charge on any atom is 0.295 e. The van der Waals surface area contributed by atoms with E-state index in [1.54, 1.807) is 28.0 Å². The van der Waals surface area contributed by atoms with E-state index in [0.717, 1.165) is 6.07 Å². The van der Waals surface area contributed by atoms with Gasteiger partial charge in [-0.05, 0) is 12.1 Å². The van der Waals surface area contributed by atoms with E-state index in [9.17, 15) is 19.3 Å². The molecule has 10 heteroatoms. The second-order valence-corrected chi connectivity index (χ2v) is 6.92. The summed E-state index contributed by atoms with van der Waals surface area (Å²) in [6, 6.07) is 6.97. The van der Waals surface area contributed by atoms with Crippen molar-refractivity contribution >= 4 is 40.5 Å². The first-order valence-electron chi connectivity index (χ1n) is 8.33. The minimum Gasteiger partial charge on any atom is -0.494 e. The maximum atomic E-state index is 13.9. The minimum absolute atomic E-state index is 0.0815. The summed E-state index contributed by atoms with van der Waals surface area (Å²) in [6.45, 7) is 1.25. The van der Waals surface area contributed by atoms with Gasteiger partial charge in [-0.3, -0.25) is 14.9 Å². The van der Waals surface area contributed by atoms with Crippen molar-refractivity contribution in [1.82, 2.24) is 4.90 Å². The van der Waals surface area contributed by atoms with Crippen molar-refractivity contribution in [3.63, 3.8) is 0 Å². The third-order valence-corrected chi connectivity index (χ3v) is 5.16. The van der Waals surface area contributed by atoms with Crippen LogP contribution in [0.25, 0.3) is 0 Å². The molecule has 148 valence electrons. The lowest BCUT2D eigenvalue weighted by atomic mass is 10.1. The quantitative estimate of drug-likeness (QED) is 0.544. The number of benzene rings is 2.